The number of halogens is 1. The van der Waals surface area contributed by atoms with Crippen molar-refractivity contribution >= 4 is 27.7 Å². The number of pyridine rings is 1. The molecule has 1 N–H and O–H groups in total. The van der Waals surface area contributed by atoms with E-state index in [9.17, 15) is 9.59 Å². The molecule has 1 aliphatic rings. The molecule has 0 saturated carbocycles. The number of carbonyl (C=O) groups is 2. The maximum atomic E-state index is 12.8. The van der Waals surface area contributed by atoms with Crippen LogP contribution in [0.4, 0.5) is 0 Å². The Bertz CT molecular complexity index is 830. The van der Waals surface area contributed by atoms with Crippen LogP contribution in [0.5, 0.6) is 0 Å². The van der Waals surface area contributed by atoms with Crippen molar-refractivity contribution in [1.29, 1.82) is 0 Å². The van der Waals surface area contributed by atoms with Crippen LogP contribution in [0.2, 0.25) is 0 Å². The third-order valence-electron chi connectivity index (χ3n) is 4.84. The summed E-state index contributed by atoms with van der Waals surface area (Å²) in [6, 6.07) is 11.7. The van der Waals surface area contributed by atoms with E-state index >= 15 is 0 Å². The van der Waals surface area contributed by atoms with E-state index in [4.69, 9.17) is 0 Å². The van der Waals surface area contributed by atoms with Crippen molar-refractivity contribution in [2.24, 2.45) is 5.92 Å². The van der Waals surface area contributed by atoms with Gasteiger partial charge < -0.3 is 10.2 Å². The second-order valence-corrected chi connectivity index (χ2v) is 7.44. The maximum Gasteiger partial charge on any atom is 0.255 e. The molecule has 2 heterocycles. The summed E-state index contributed by atoms with van der Waals surface area (Å²) in [5.74, 6) is 0.0571. The van der Waals surface area contributed by atoms with E-state index in [1.165, 1.54) is 0 Å². The highest BCUT2D eigenvalue weighted by molar-refractivity contribution is 9.10. The second kappa shape index (κ2) is 7.99. The van der Waals surface area contributed by atoms with Crippen molar-refractivity contribution < 1.29 is 9.59 Å². The van der Waals surface area contributed by atoms with E-state index in [2.05, 4.69) is 26.2 Å². The van der Waals surface area contributed by atoms with Crippen LogP contribution in [0.25, 0.3) is 11.3 Å². The van der Waals surface area contributed by atoms with Gasteiger partial charge in [-0.2, -0.15) is 0 Å². The van der Waals surface area contributed by atoms with Crippen LogP contribution >= 0.6 is 15.9 Å². The van der Waals surface area contributed by atoms with Crippen molar-refractivity contribution in [3.63, 3.8) is 0 Å². The monoisotopic (exact) mass is 415 g/mol. The highest BCUT2D eigenvalue weighted by Crippen LogP contribution is 2.24. The number of nitrogens with one attached hydrogen (secondary N) is 1. The van der Waals surface area contributed by atoms with E-state index in [-0.39, 0.29) is 17.7 Å². The molecule has 0 unspecified atom stereocenters. The Labute approximate surface area is 161 Å². The lowest BCUT2D eigenvalue weighted by Crippen LogP contribution is -2.42. The number of amides is 2. The van der Waals surface area contributed by atoms with Crippen LogP contribution in [-0.2, 0) is 4.79 Å². The summed E-state index contributed by atoms with van der Waals surface area (Å²) < 4.78 is 0.994. The normalized spacial score (nSPS) is 15.0. The molecule has 0 atom stereocenters. The van der Waals surface area contributed by atoms with Gasteiger partial charge in [-0.25, -0.2) is 0 Å². The molecule has 26 heavy (non-hydrogen) atoms. The standard InChI is InChI=1S/C20H22BrN3O2/c1-13-17(6-7-18(23-13)15-4-3-5-16(21)12-15)20(26)24-10-8-14(9-11-24)19(25)22-2/h3-7,12,14H,8-11H2,1-2H3,(H,22,25). The third kappa shape index (κ3) is 3.96. The van der Waals surface area contributed by atoms with Crippen molar-refractivity contribution in [2.75, 3.05) is 20.1 Å². The lowest BCUT2D eigenvalue weighted by molar-refractivity contribution is -0.125. The van der Waals surface area contributed by atoms with Gasteiger partial charge in [0, 0.05) is 36.1 Å². The Morgan fingerprint density at radius 3 is 2.54 bits per heavy atom. The van der Waals surface area contributed by atoms with Gasteiger partial charge in [0.15, 0.2) is 0 Å². The van der Waals surface area contributed by atoms with Crippen LogP contribution in [-0.4, -0.2) is 41.8 Å². The predicted molar refractivity (Wildman–Crippen MR) is 105 cm³/mol. The number of hydrogen-bond donors (Lipinski definition) is 1. The van der Waals surface area contributed by atoms with Crippen molar-refractivity contribution in [1.82, 2.24) is 15.2 Å². The van der Waals surface area contributed by atoms with Crippen LogP contribution < -0.4 is 5.32 Å². The van der Waals surface area contributed by atoms with Crippen molar-refractivity contribution in [3.8, 4) is 11.3 Å². The van der Waals surface area contributed by atoms with Crippen LogP contribution in [0.3, 0.4) is 0 Å². The van der Waals surface area contributed by atoms with Gasteiger partial charge in [0.2, 0.25) is 5.91 Å². The highest BCUT2D eigenvalue weighted by Gasteiger charge is 2.28. The summed E-state index contributed by atoms with van der Waals surface area (Å²) in [7, 11) is 1.65. The third-order valence-corrected chi connectivity index (χ3v) is 5.33. The number of hydrogen-bond acceptors (Lipinski definition) is 3. The van der Waals surface area contributed by atoms with Gasteiger partial charge in [0.1, 0.15) is 0 Å². The molecule has 1 aromatic heterocycles. The first-order valence-corrected chi connectivity index (χ1v) is 9.53. The molecule has 5 nitrogen and oxygen atoms in total. The fourth-order valence-electron chi connectivity index (χ4n) is 3.31. The number of likely N-dealkylation sites (tertiary alicyclic amines) is 1. The molecule has 2 aromatic rings. The first-order chi connectivity index (χ1) is 12.5. The molecular formula is C20H22BrN3O2. The first-order valence-electron chi connectivity index (χ1n) is 8.74. The molecule has 2 amide bonds. The molecule has 0 aliphatic carbocycles. The molecule has 1 aliphatic heterocycles. The number of piperidine rings is 1. The molecule has 136 valence electrons. The van der Waals surface area contributed by atoms with Gasteiger partial charge in [0.25, 0.3) is 5.91 Å². The number of nitrogens with zero attached hydrogens (tertiary/aromatic N) is 2. The fourth-order valence-corrected chi connectivity index (χ4v) is 3.71. The molecule has 1 aromatic carbocycles. The lowest BCUT2D eigenvalue weighted by Gasteiger charge is -2.31. The van der Waals surface area contributed by atoms with E-state index in [0.29, 0.717) is 31.5 Å². The Morgan fingerprint density at radius 1 is 1.19 bits per heavy atom. The Morgan fingerprint density at radius 2 is 1.92 bits per heavy atom. The zero-order valence-electron chi connectivity index (χ0n) is 15.0. The molecule has 0 radical (unpaired) electrons. The van der Waals surface area contributed by atoms with Crippen LogP contribution in [0.1, 0.15) is 28.9 Å². The SMILES string of the molecule is CNC(=O)C1CCN(C(=O)c2ccc(-c3cccc(Br)c3)nc2C)CC1. The summed E-state index contributed by atoms with van der Waals surface area (Å²) in [5.41, 5.74) is 3.20. The highest BCUT2D eigenvalue weighted by atomic mass is 79.9. The fraction of sp³-hybridized carbons (Fsp3) is 0.350. The zero-order valence-corrected chi connectivity index (χ0v) is 16.5. The summed E-state index contributed by atoms with van der Waals surface area (Å²) in [6.07, 6.45) is 1.40. The number of aryl methyl sites for hydroxylation is 1. The minimum atomic E-state index is -0.00820. The summed E-state index contributed by atoms with van der Waals surface area (Å²) >= 11 is 3.47. The molecule has 1 saturated heterocycles. The number of carbonyl (C=O) groups excluding carboxylic acids is 2. The summed E-state index contributed by atoms with van der Waals surface area (Å²) in [6.45, 7) is 3.07. The van der Waals surface area contributed by atoms with Gasteiger partial charge in [-0.15, -0.1) is 0 Å². The molecule has 0 spiro atoms. The largest absolute Gasteiger partial charge is 0.359 e. The first kappa shape index (κ1) is 18.6. The molecule has 0 bridgehead atoms. The topological polar surface area (TPSA) is 62.3 Å². The predicted octanol–water partition coefficient (Wildman–Crippen LogP) is 3.42. The van der Waals surface area contributed by atoms with Gasteiger partial charge in [-0.1, -0.05) is 28.1 Å². The molecule has 3 rings (SSSR count). The number of benzene rings is 1. The summed E-state index contributed by atoms with van der Waals surface area (Å²) in [5, 5.41) is 2.69. The van der Waals surface area contributed by atoms with Crippen LogP contribution in [0.15, 0.2) is 40.9 Å². The van der Waals surface area contributed by atoms with E-state index in [0.717, 1.165) is 21.4 Å². The van der Waals surface area contributed by atoms with Gasteiger partial charge >= 0.3 is 0 Å². The number of rotatable bonds is 3. The van der Waals surface area contributed by atoms with Crippen molar-refractivity contribution in [2.45, 2.75) is 19.8 Å². The average molecular weight is 416 g/mol. The van der Waals surface area contributed by atoms with E-state index in [1.54, 1.807) is 7.05 Å². The van der Waals surface area contributed by atoms with Gasteiger partial charge in [0.05, 0.1) is 17.0 Å². The minimum absolute atomic E-state index is 0.00201. The Balaban J connectivity index is 1.74. The molecule has 6 heteroatoms. The minimum Gasteiger partial charge on any atom is -0.359 e. The zero-order chi connectivity index (χ0) is 18.7. The summed E-state index contributed by atoms with van der Waals surface area (Å²) in [4.78, 5) is 31.0. The number of aromatic nitrogens is 1. The average Bonchev–Trinajstić information content (AvgIpc) is 2.67. The van der Waals surface area contributed by atoms with Gasteiger partial charge in [-0.05, 0) is 44.0 Å². The van der Waals surface area contributed by atoms with Gasteiger partial charge in [-0.3, -0.25) is 14.6 Å². The van der Waals surface area contributed by atoms with E-state index < -0.39 is 0 Å². The Hall–Kier alpha value is -2.21. The van der Waals surface area contributed by atoms with E-state index in [1.807, 2.05) is 48.2 Å². The Kier molecular flexibility index (Phi) is 5.71. The lowest BCUT2D eigenvalue weighted by atomic mass is 9.95. The second-order valence-electron chi connectivity index (χ2n) is 6.52. The smallest absolute Gasteiger partial charge is 0.255 e. The molecule has 1 fully saturated rings. The van der Waals surface area contributed by atoms with Crippen molar-refractivity contribution in [3.05, 3.63) is 52.1 Å². The molecular weight excluding hydrogens is 394 g/mol. The maximum absolute atomic E-state index is 12.8. The van der Waals surface area contributed by atoms with Crippen LogP contribution in [0, 0.1) is 12.8 Å². The quantitative estimate of drug-likeness (QED) is 0.834.